The summed E-state index contributed by atoms with van der Waals surface area (Å²) in [7, 11) is 0. The summed E-state index contributed by atoms with van der Waals surface area (Å²) in [6, 6.07) is 11.0. The largest absolute Gasteiger partial charge is 0.459 e. The van der Waals surface area contributed by atoms with Gasteiger partial charge in [-0.2, -0.15) is 0 Å². The first kappa shape index (κ1) is 19.3. The summed E-state index contributed by atoms with van der Waals surface area (Å²) in [5, 5.41) is 9.51. The molecule has 2 aromatic rings. The highest BCUT2D eigenvalue weighted by atomic mass is 16.5. The summed E-state index contributed by atoms with van der Waals surface area (Å²) in [6.45, 7) is 3.37. The molecule has 0 saturated carbocycles. The summed E-state index contributed by atoms with van der Waals surface area (Å²) in [4.78, 5) is 38.7. The molecule has 1 heterocycles. The van der Waals surface area contributed by atoms with Crippen LogP contribution in [0.1, 0.15) is 56.9 Å². The number of benzene rings is 2. The SMILES string of the molecule is CC#Cc1ccc(N2C(=O)c3ccc(C(=O)OCC(O)CC)cc3C2=O)cc1. The van der Waals surface area contributed by atoms with E-state index in [2.05, 4.69) is 11.8 Å². The molecule has 6 heteroatoms. The van der Waals surface area contributed by atoms with Gasteiger partial charge in [-0.25, -0.2) is 9.69 Å². The molecule has 2 aromatic carbocycles. The Hall–Kier alpha value is -3.43. The zero-order valence-corrected chi connectivity index (χ0v) is 15.6. The zero-order valence-electron chi connectivity index (χ0n) is 15.6. The predicted molar refractivity (Wildman–Crippen MR) is 103 cm³/mol. The van der Waals surface area contributed by atoms with Gasteiger partial charge in [0.25, 0.3) is 11.8 Å². The van der Waals surface area contributed by atoms with E-state index in [1.54, 1.807) is 38.1 Å². The number of rotatable bonds is 5. The zero-order chi connectivity index (χ0) is 20.3. The minimum atomic E-state index is -0.738. The molecule has 0 fully saturated rings. The second-order valence-corrected chi connectivity index (χ2v) is 6.29. The molecule has 0 saturated heterocycles. The van der Waals surface area contributed by atoms with E-state index in [0.717, 1.165) is 10.5 Å². The van der Waals surface area contributed by atoms with Crippen molar-refractivity contribution in [1.82, 2.24) is 0 Å². The summed E-state index contributed by atoms with van der Waals surface area (Å²) in [6.07, 6.45) is -0.278. The van der Waals surface area contributed by atoms with Crippen LogP contribution in [0, 0.1) is 11.8 Å². The fourth-order valence-electron chi connectivity index (χ4n) is 2.81. The smallest absolute Gasteiger partial charge is 0.338 e. The minimum absolute atomic E-state index is 0.127. The molecule has 6 nitrogen and oxygen atoms in total. The van der Waals surface area contributed by atoms with Crippen LogP contribution in [-0.4, -0.2) is 35.6 Å². The second-order valence-electron chi connectivity index (χ2n) is 6.29. The maximum Gasteiger partial charge on any atom is 0.338 e. The maximum absolute atomic E-state index is 12.8. The maximum atomic E-state index is 12.8. The van der Waals surface area contributed by atoms with Gasteiger partial charge in [0.05, 0.1) is 28.5 Å². The molecule has 1 aliphatic heterocycles. The average molecular weight is 377 g/mol. The van der Waals surface area contributed by atoms with E-state index in [1.165, 1.54) is 18.2 Å². The Morgan fingerprint density at radius 3 is 2.43 bits per heavy atom. The molecule has 0 aliphatic carbocycles. The number of esters is 1. The van der Waals surface area contributed by atoms with Crippen molar-refractivity contribution in [3.63, 3.8) is 0 Å². The second kappa shape index (κ2) is 8.07. The number of nitrogens with zero attached hydrogens (tertiary/aromatic N) is 1. The molecule has 1 unspecified atom stereocenters. The van der Waals surface area contributed by atoms with Crippen molar-refractivity contribution in [3.05, 3.63) is 64.7 Å². The van der Waals surface area contributed by atoms with E-state index in [9.17, 15) is 19.5 Å². The number of fused-ring (bicyclic) bond motifs is 1. The Morgan fingerprint density at radius 2 is 1.79 bits per heavy atom. The number of aliphatic hydroxyl groups is 1. The first-order chi connectivity index (χ1) is 13.5. The van der Waals surface area contributed by atoms with Gasteiger partial charge in [0.1, 0.15) is 6.61 Å². The lowest BCUT2D eigenvalue weighted by Crippen LogP contribution is -2.29. The number of ether oxygens (including phenoxy) is 1. The third kappa shape index (κ3) is 3.66. The van der Waals surface area contributed by atoms with Crippen LogP contribution < -0.4 is 4.90 Å². The van der Waals surface area contributed by atoms with Gasteiger partial charge in [0, 0.05) is 5.56 Å². The van der Waals surface area contributed by atoms with Crippen LogP contribution in [0.5, 0.6) is 0 Å². The van der Waals surface area contributed by atoms with E-state index >= 15 is 0 Å². The highest BCUT2D eigenvalue weighted by molar-refractivity contribution is 6.34. The van der Waals surface area contributed by atoms with Gasteiger partial charge in [-0.1, -0.05) is 12.8 Å². The Bertz CT molecular complexity index is 998. The minimum Gasteiger partial charge on any atom is -0.459 e. The van der Waals surface area contributed by atoms with Crippen LogP contribution in [0.3, 0.4) is 0 Å². The van der Waals surface area contributed by atoms with Crippen molar-refractivity contribution in [2.24, 2.45) is 0 Å². The molecule has 0 bridgehead atoms. The van der Waals surface area contributed by atoms with Gasteiger partial charge in [0.2, 0.25) is 0 Å². The molecule has 0 aromatic heterocycles. The Morgan fingerprint density at radius 1 is 1.11 bits per heavy atom. The van der Waals surface area contributed by atoms with Gasteiger partial charge < -0.3 is 9.84 Å². The van der Waals surface area contributed by atoms with E-state index < -0.39 is 23.9 Å². The molecule has 0 spiro atoms. The Labute approximate surface area is 162 Å². The first-order valence-corrected chi connectivity index (χ1v) is 8.87. The normalized spacial score (nSPS) is 13.6. The first-order valence-electron chi connectivity index (χ1n) is 8.87. The van der Waals surface area contributed by atoms with Crippen molar-refractivity contribution in [3.8, 4) is 11.8 Å². The van der Waals surface area contributed by atoms with Crippen molar-refractivity contribution in [1.29, 1.82) is 0 Å². The van der Waals surface area contributed by atoms with E-state index in [4.69, 9.17) is 4.74 Å². The van der Waals surface area contributed by atoms with E-state index in [1.807, 2.05) is 0 Å². The lowest BCUT2D eigenvalue weighted by molar-refractivity contribution is 0.0250. The third-order valence-corrected chi connectivity index (χ3v) is 4.40. The average Bonchev–Trinajstić information content (AvgIpc) is 2.96. The van der Waals surface area contributed by atoms with Crippen LogP contribution in [0.2, 0.25) is 0 Å². The number of carbonyl (C=O) groups is 3. The summed E-state index contributed by atoms with van der Waals surface area (Å²) >= 11 is 0. The number of carbonyl (C=O) groups excluding carboxylic acids is 3. The molecular weight excluding hydrogens is 358 g/mol. The van der Waals surface area contributed by atoms with Crippen LogP contribution in [0.4, 0.5) is 5.69 Å². The summed E-state index contributed by atoms with van der Waals surface area (Å²) in [5.74, 6) is 4.08. The van der Waals surface area contributed by atoms with Crippen LogP contribution >= 0.6 is 0 Å². The molecule has 1 N–H and O–H groups in total. The van der Waals surface area contributed by atoms with Crippen molar-refractivity contribution < 1.29 is 24.2 Å². The van der Waals surface area contributed by atoms with Crippen molar-refractivity contribution in [2.75, 3.05) is 11.5 Å². The standard InChI is InChI=1S/C22H19NO5/c1-3-5-14-6-9-16(10-7-14)23-20(25)18-11-8-15(12-19(18)21(23)26)22(27)28-13-17(24)4-2/h6-12,17,24H,4,13H2,1-2H3. The summed E-state index contributed by atoms with van der Waals surface area (Å²) < 4.78 is 5.04. The summed E-state index contributed by atoms with van der Waals surface area (Å²) in [5.41, 5.74) is 1.74. The predicted octanol–water partition coefficient (Wildman–Crippen LogP) is 2.79. The Balaban J connectivity index is 1.85. The van der Waals surface area contributed by atoms with Gasteiger partial charge >= 0.3 is 5.97 Å². The van der Waals surface area contributed by atoms with Gasteiger partial charge in [0.15, 0.2) is 0 Å². The third-order valence-electron chi connectivity index (χ3n) is 4.40. The molecule has 3 rings (SSSR count). The number of aliphatic hydroxyl groups excluding tert-OH is 1. The quantitative estimate of drug-likeness (QED) is 0.492. The molecule has 0 radical (unpaired) electrons. The lowest BCUT2D eigenvalue weighted by Gasteiger charge is -2.13. The van der Waals surface area contributed by atoms with Crippen LogP contribution in [0.15, 0.2) is 42.5 Å². The molecule has 1 aliphatic rings. The number of anilines is 1. The monoisotopic (exact) mass is 377 g/mol. The highest BCUT2D eigenvalue weighted by Gasteiger charge is 2.37. The molecule has 28 heavy (non-hydrogen) atoms. The van der Waals surface area contributed by atoms with Gasteiger partial charge in [-0.05, 0) is 55.8 Å². The number of imide groups is 1. The van der Waals surface area contributed by atoms with Crippen molar-refractivity contribution >= 4 is 23.5 Å². The molecule has 142 valence electrons. The van der Waals surface area contributed by atoms with E-state index in [-0.39, 0.29) is 23.3 Å². The van der Waals surface area contributed by atoms with Crippen LogP contribution in [0.25, 0.3) is 0 Å². The fourth-order valence-corrected chi connectivity index (χ4v) is 2.81. The van der Waals surface area contributed by atoms with Crippen LogP contribution in [-0.2, 0) is 4.74 Å². The van der Waals surface area contributed by atoms with E-state index in [0.29, 0.717) is 12.1 Å². The molecular formula is C22H19NO5. The molecule has 1 atom stereocenters. The number of hydrogen-bond donors (Lipinski definition) is 1. The van der Waals surface area contributed by atoms with Crippen molar-refractivity contribution in [2.45, 2.75) is 26.4 Å². The Kier molecular flexibility index (Phi) is 5.57. The topological polar surface area (TPSA) is 83.9 Å². The molecule has 2 amide bonds. The number of hydrogen-bond acceptors (Lipinski definition) is 5. The number of amides is 2. The highest BCUT2D eigenvalue weighted by Crippen LogP contribution is 2.29. The fraction of sp³-hybridized carbons (Fsp3) is 0.227. The van der Waals surface area contributed by atoms with Gasteiger partial charge in [-0.3, -0.25) is 9.59 Å². The lowest BCUT2D eigenvalue weighted by atomic mass is 10.1. The van der Waals surface area contributed by atoms with Gasteiger partial charge in [-0.15, -0.1) is 5.92 Å².